The second-order valence-electron chi connectivity index (χ2n) is 5.51. The summed E-state index contributed by atoms with van der Waals surface area (Å²) in [6, 6.07) is 11.1. The van der Waals surface area contributed by atoms with Crippen LogP contribution in [0.15, 0.2) is 47.4 Å². The number of benzene rings is 2. The number of anilines is 2. The molecule has 0 saturated carbocycles. The molecule has 0 unspecified atom stereocenters. The van der Waals surface area contributed by atoms with Crippen LogP contribution in [-0.2, 0) is 20.0 Å². The Morgan fingerprint density at radius 2 is 1.68 bits per heavy atom. The lowest BCUT2D eigenvalue weighted by Crippen LogP contribution is -2.26. The highest BCUT2D eigenvalue weighted by Gasteiger charge is 2.23. The number of rotatable bonds is 6. The number of ether oxygens (including phenoxy) is 1. The summed E-state index contributed by atoms with van der Waals surface area (Å²) in [5.41, 5.74) is 1.13. The van der Waals surface area contributed by atoms with Crippen molar-refractivity contribution in [3.05, 3.63) is 48.0 Å². The molecule has 0 aliphatic carbocycles. The maximum Gasteiger partial charge on any atom is 0.265 e. The minimum Gasteiger partial charge on any atom is -0.495 e. The molecule has 0 radical (unpaired) electrons. The highest BCUT2D eigenvalue weighted by Crippen LogP contribution is 2.31. The second kappa shape index (κ2) is 6.93. The fourth-order valence-corrected chi connectivity index (χ4v) is 4.05. The molecule has 0 fully saturated rings. The Kier molecular flexibility index (Phi) is 5.28. The fraction of sp³-hybridized carbons (Fsp3) is 0.250. The Labute approximate surface area is 148 Å². The maximum atomic E-state index is 12.8. The van der Waals surface area contributed by atoms with Gasteiger partial charge in [-0.3, -0.25) is 9.03 Å². The van der Waals surface area contributed by atoms with Gasteiger partial charge in [0.2, 0.25) is 10.0 Å². The van der Waals surface area contributed by atoms with Crippen LogP contribution in [-0.4, -0.2) is 37.2 Å². The Hall–Kier alpha value is -2.26. The molecule has 1 N–H and O–H groups in total. The zero-order valence-corrected chi connectivity index (χ0v) is 16.0. The molecule has 0 spiro atoms. The Morgan fingerprint density at radius 3 is 2.28 bits per heavy atom. The number of nitrogens with one attached hydrogen (secondary N) is 1. The highest BCUT2D eigenvalue weighted by atomic mass is 32.2. The van der Waals surface area contributed by atoms with Gasteiger partial charge in [-0.2, -0.15) is 0 Å². The average molecular weight is 384 g/mol. The molecular formula is C16H20N2O5S2. The number of sulfonamides is 2. The molecule has 0 amide bonds. The average Bonchev–Trinajstić information content (AvgIpc) is 2.53. The summed E-state index contributed by atoms with van der Waals surface area (Å²) < 4.78 is 57.8. The molecule has 7 nitrogen and oxygen atoms in total. The van der Waals surface area contributed by atoms with Gasteiger partial charge in [0.15, 0.2) is 0 Å². The SMILES string of the molecule is COc1ccc(C)cc1S(=O)(=O)Nc1ccccc1N(C)S(C)(=O)=O. The zero-order valence-electron chi connectivity index (χ0n) is 14.3. The first kappa shape index (κ1) is 19.1. The second-order valence-corrected chi connectivity index (χ2v) is 9.17. The molecule has 0 heterocycles. The smallest absolute Gasteiger partial charge is 0.265 e. The van der Waals surface area contributed by atoms with Crippen molar-refractivity contribution >= 4 is 31.4 Å². The first-order valence-corrected chi connectivity index (χ1v) is 10.6. The standard InChI is InChI=1S/C16H20N2O5S2/c1-12-9-10-15(23-3)16(11-12)25(21,22)17-13-7-5-6-8-14(13)18(2)24(4,19)20/h5-11,17H,1-4H3. The molecule has 0 aliphatic rings. The molecule has 0 bridgehead atoms. The monoisotopic (exact) mass is 384 g/mol. The molecule has 2 rings (SSSR count). The highest BCUT2D eigenvalue weighted by molar-refractivity contribution is 7.93. The van der Waals surface area contributed by atoms with Crippen molar-refractivity contribution in [2.45, 2.75) is 11.8 Å². The van der Waals surface area contributed by atoms with Crippen molar-refractivity contribution in [3.8, 4) is 5.75 Å². The van der Waals surface area contributed by atoms with Crippen LogP contribution in [0.3, 0.4) is 0 Å². The minimum atomic E-state index is -3.98. The molecule has 2 aromatic rings. The van der Waals surface area contributed by atoms with Crippen LogP contribution in [0.1, 0.15) is 5.56 Å². The van der Waals surface area contributed by atoms with Gasteiger partial charge in [0.1, 0.15) is 10.6 Å². The normalized spacial score (nSPS) is 11.8. The van der Waals surface area contributed by atoms with Crippen molar-refractivity contribution in [2.24, 2.45) is 0 Å². The predicted octanol–water partition coefficient (Wildman–Crippen LogP) is 2.20. The van der Waals surface area contributed by atoms with Gasteiger partial charge in [-0.25, -0.2) is 16.8 Å². The van der Waals surface area contributed by atoms with E-state index in [4.69, 9.17) is 4.74 Å². The van der Waals surface area contributed by atoms with Gasteiger partial charge in [-0.15, -0.1) is 0 Å². The van der Waals surface area contributed by atoms with Gasteiger partial charge < -0.3 is 4.74 Å². The largest absolute Gasteiger partial charge is 0.495 e. The summed E-state index contributed by atoms with van der Waals surface area (Å²) in [7, 11) is -4.78. The van der Waals surface area contributed by atoms with Crippen molar-refractivity contribution in [3.63, 3.8) is 0 Å². The molecular weight excluding hydrogens is 364 g/mol. The van der Waals surface area contributed by atoms with Crippen molar-refractivity contribution in [1.82, 2.24) is 0 Å². The predicted molar refractivity (Wildman–Crippen MR) is 98.2 cm³/mol. The fourth-order valence-electron chi connectivity index (χ4n) is 2.21. The van der Waals surface area contributed by atoms with E-state index in [1.165, 1.54) is 32.4 Å². The molecule has 2 aromatic carbocycles. The van der Waals surface area contributed by atoms with Gasteiger partial charge in [0.05, 0.1) is 24.7 Å². The third kappa shape index (κ3) is 4.23. The van der Waals surface area contributed by atoms with Gasteiger partial charge in [0.25, 0.3) is 10.0 Å². The van der Waals surface area contributed by atoms with E-state index >= 15 is 0 Å². The lowest BCUT2D eigenvalue weighted by Gasteiger charge is -2.21. The molecule has 9 heteroatoms. The molecule has 136 valence electrons. The number of para-hydroxylation sites is 2. The van der Waals surface area contributed by atoms with Crippen molar-refractivity contribution in [1.29, 1.82) is 0 Å². The summed E-state index contributed by atoms with van der Waals surface area (Å²) in [5, 5.41) is 0. The summed E-state index contributed by atoms with van der Waals surface area (Å²) >= 11 is 0. The van der Waals surface area contributed by atoms with Crippen LogP contribution >= 0.6 is 0 Å². The van der Waals surface area contributed by atoms with Gasteiger partial charge in [0, 0.05) is 7.05 Å². The number of nitrogens with zero attached hydrogens (tertiary/aromatic N) is 1. The van der Waals surface area contributed by atoms with E-state index in [0.717, 1.165) is 16.1 Å². The lowest BCUT2D eigenvalue weighted by atomic mass is 10.2. The first-order valence-electron chi connectivity index (χ1n) is 7.26. The molecule has 25 heavy (non-hydrogen) atoms. The quantitative estimate of drug-likeness (QED) is 0.824. The molecule has 0 aromatic heterocycles. The number of methoxy groups -OCH3 is 1. The Bertz CT molecular complexity index is 985. The van der Waals surface area contributed by atoms with E-state index in [1.54, 1.807) is 31.2 Å². The minimum absolute atomic E-state index is 0.0215. The molecule has 0 saturated heterocycles. The molecule has 0 aliphatic heterocycles. The van der Waals surface area contributed by atoms with E-state index in [2.05, 4.69) is 4.72 Å². The van der Waals surface area contributed by atoms with Crippen LogP contribution in [0.4, 0.5) is 11.4 Å². The van der Waals surface area contributed by atoms with Crippen LogP contribution in [0, 0.1) is 6.92 Å². The van der Waals surface area contributed by atoms with Crippen LogP contribution in [0.25, 0.3) is 0 Å². The third-order valence-electron chi connectivity index (χ3n) is 3.59. The zero-order chi connectivity index (χ0) is 18.8. The van der Waals surface area contributed by atoms with E-state index in [-0.39, 0.29) is 22.0 Å². The van der Waals surface area contributed by atoms with Gasteiger partial charge in [-0.1, -0.05) is 18.2 Å². The van der Waals surface area contributed by atoms with E-state index in [9.17, 15) is 16.8 Å². The summed E-state index contributed by atoms with van der Waals surface area (Å²) in [5.74, 6) is 0.201. The van der Waals surface area contributed by atoms with Crippen LogP contribution in [0.5, 0.6) is 5.75 Å². The van der Waals surface area contributed by atoms with Crippen LogP contribution < -0.4 is 13.8 Å². The number of aryl methyl sites for hydroxylation is 1. The maximum absolute atomic E-state index is 12.8. The van der Waals surface area contributed by atoms with Crippen LogP contribution in [0.2, 0.25) is 0 Å². The summed E-state index contributed by atoms with van der Waals surface area (Å²) in [6.45, 7) is 1.77. The molecule has 0 atom stereocenters. The van der Waals surface area contributed by atoms with Crippen molar-refractivity contribution < 1.29 is 21.6 Å². The van der Waals surface area contributed by atoms with Gasteiger partial charge in [-0.05, 0) is 36.8 Å². The topological polar surface area (TPSA) is 92.8 Å². The number of hydrogen-bond donors (Lipinski definition) is 1. The van der Waals surface area contributed by atoms with E-state index < -0.39 is 20.0 Å². The van der Waals surface area contributed by atoms with E-state index in [1.807, 2.05) is 0 Å². The van der Waals surface area contributed by atoms with Gasteiger partial charge >= 0.3 is 0 Å². The number of hydrogen-bond acceptors (Lipinski definition) is 5. The summed E-state index contributed by atoms with van der Waals surface area (Å²) in [6.07, 6.45) is 1.04. The van der Waals surface area contributed by atoms with Crippen molar-refractivity contribution in [2.75, 3.05) is 29.4 Å². The Balaban J connectivity index is 2.52. The van der Waals surface area contributed by atoms with E-state index in [0.29, 0.717) is 0 Å². The first-order chi connectivity index (χ1) is 11.6. The third-order valence-corrected chi connectivity index (χ3v) is 6.17. The Morgan fingerprint density at radius 1 is 1.04 bits per heavy atom. The lowest BCUT2D eigenvalue weighted by molar-refractivity contribution is 0.402. The summed E-state index contributed by atoms with van der Waals surface area (Å²) in [4.78, 5) is -0.0215.